The van der Waals surface area contributed by atoms with Crippen LogP contribution in [0.3, 0.4) is 0 Å². The second-order valence-corrected chi connectivity index (χ2v) is 7.45. The zero-order valence-corrected chi connectivity index (χ0v) is 13.4. The van der Waals surface area contributed by atoms with Gasteiger partial charge in [-0.05, 0) is 45.3 Å². The van der Waals surface area contributed by atoms with E-state index in [-0.39, 0.29) is 4.90 Å². The number of sulfonamides is 1. The predicted octanol–water partition coefficient (Wildman–Crippen LogP) is 1.32. The molecule has 0 unspecified atom stereocenters. The number of anilines is 1. The Hall–Kier alpha value is -1.57. The molecule has 0 radical (unpaired) electrons. The molecule has 0 amide bonds. The van der Waals surface area contributed by atoms with Crippen molar-refractivity contribution in [2.45, 2.75) is 11.3 Å². The van der Waals surface area contributed by atoms with Gasteiger partial charge in [-0.15, -0.1) is 0 Å². The third-order valence-corrected chi connectivity index (χ3v) is 5.33. The molecule has 0 aliphatic carbocycles. The van der Waals surface area contributed by atoms with Crippen molar-refractivity contribution in [3.05, 3.63) is 24.4 Å². The number of fused-ring (bicyclic) bond motifs is 1. The highest BCUT2D eigenvalue weighted by molar-refractivity contribution is 7.89. The molecule has 0 saturated carbocycles. The van der Waals surface area contributed by atoms with Gasteiger partial charge in [-0.1, -0.05) is 0 Å². The lowest BCUT2D eigenvalue weighted by atomic mass is 10.2. The number of rotatable bonds is 6. The topological polar surface area (TPSA) is 82.4 Å². The maximum atomic E-state index is 12.6. The molecular formula is C14H22N4O2S. The number of nitrogens with two attached hydrogens (primary N) is 1. The first-order chi connectivity index (χ1) is 9.82. The van der Waals surface area contributed by atoms with Gasteiger partial charge in [-0.3, -0.25) is 0 Å². The van der Waals surface area contributed by atoms with E-state index in [4.69, 9.17) is 5.73 Å². The lowest BCUT2D eigenvalue weighted by molar-refractivity contribution is 0.370. The van der Waals surface area contributed by atoms with Crippen molar-refractivity contribution in [3.63, 3.8) is 0 Å². The summed E-state index contributed by atoms with van der Waals surface area (Å²) >= 11 is 0. The molecule has 2 aromatic rings. The molecule has 7 heteroatoms. The number of hydrogen-bond donors (Lipinski definition) is 2. The van der Waals surface area contributed by atoms with E-state index in [2.05, 4.69) is 4.98 Å². The molecule has 116 valence electrons. The molecule has 1 heterocycles. The summed E-state index contributed by atoms with van der Waals surface area (Å²) in [4.78, 5) is 5.29. The number of H-pyrrole nitrogens is 1. The fourth-order valence-electron chi connectivity index (χ4n) is 2.22. The van der Waals surface area contributed by atoms with Crippen molar-refractivity contribution in [1.29, 1.82) is 0 Å². The van der Waals surface area contributed by atoms with E-state index in [1.165, 1.54) is 10.5 Å². The van der Waals surface area contributed by atoms with Crippen LogP contribution in [-0.2, 0) is 10.0 Å². The number of aromatic amines is 1. The van der Waals surface area contributed by atoms with E-state index in [1.807, 2.05) is 19.0 Å². The van der Waals surface area contributed by atoms with Crippen molar-refractivity contribution in [2.75, 3.05) is 40.0 Å². The standard InChI is InChI=1S/C14H22N4O2S/c1-17(2)7-4-8-18(3)21(19,20)14-10-16-13-6-5-11(15)9-12(13)14/h5-6,9-10,16H,4,7-8,15H2,1-3H3. The van der Waals surface area contributed by atoms with Gasteiger partial charge in [0.1, 0.15) is 4.90 Å². The van der Waals surface area contributed by atoms with Crippen LogP contribution in [0.5, 0.6) is 0 Å². The van der Waals surface area contributed by atoms with Crippen LogP contribution in [0.25, 0.3) is 10.9 Å². The lowest BCUT2D eigenvalue weighted by Gasteiger charge is -2.18. The number of aromatic nitrogens is 1. The molecule has 0 aliphatic heterocycles. The number of nitrogens with one attached hydrogen (secondary N) is 1. The van der Waals surface area contributed by atoms with E-state index in [9.17, 15) is 8.42 Å². The summed E-state index contributed by atoms with van der Waals surface area (Å²) in [5.74, 6) is 0. The third kappa shape index (κ3) is 3.37. The molecule has 0 aliphatic rings. The Morgan fingerprint density at radius 1 is 1.19 bits per heavy atom. The van der Waals surface area contributed by atoms with Crippen molar-refractivity contribution in [1.82, 2.24) is 14.2 Å². The molecule has 3 N–H and O–H groups in total. The Balaban J connectivity index is 2.27. The summed E-state index contributed by atoms with van der Waals surface area (Å²) in [6.45, 7) is 1.33. The number of hydrogen-bond acceptors (Lipinski definition) is 4. The van der Waals surface area contributed by atoms with Gasteiger partial charge in [0.2, 0.25) is 10.0 Å². The average Bonchev–Trinajstić information content (AvgIpc) is 2.81. The van der Waals surface area contributed by atoms with Crippen LogP contribution in [0.1, 0.15) is 6.42 Å². The Labute approximate surface area is 125 Å². The Bertz CT molecular complexity index is 722. The fourth-order valence-corrected chi connectivity index (χ4v) is 3.58. The van der Waals surface area contributed by atoms with Crippen LogP contribution in [0.15, 0.2) is 29.3 Å². The van der Waals surface area contributed by atoms with Crippen LogP contribution in [0.2, 0.25) is 0 Å². The molecule has 0 bridgehead atoms. The van der Waals surface area contributed by atoms with Gasteiger partial charge in [-0.2, -0.15) is 0 Å². The van der Waals surface area contributed by atoms with E-state index >= 15 is 0 Å². The molecule has 1 aromatic carbocycles. The summed E-state index contributed by atoms with van der Waals surface area (Å²) in [7, 11) is 2.04. The molecule has 1 aromatic heterocycles. The minimum absolute atomic E-state index is 0.275. The monoisotopic (exact) mass is 310 g/mol. The van der Waals surface area contributed by atoms with Gasteiger partial charge < -0.3 is 15.6 Å². The predicted molar refractivity (Wildman–Crippen MR) is 85.7 cm³/mol. The van der Waals surface area contributed by atoms with Crippen molar-refractivity contribution >= 4 is 26.6 Å². The molecule has 0 atom stereocenters. The van der Waals surface area contributed by atoms with E-state index in [1.54, 1.807) is 25.2 Å². The van der Waals surface area contributed by atoms with Gasteiger partial charge in [-0.25, -0.2) is 12.7 Å². The zero-order chi connectivity index (χ0) is 15.6. The summed E-state index contributed by atoms with van der Waals surface area (Å²) in [5.41, 5.74) is 7.07. The number of nitrogen functional groups attached to an aromatic ring is 1. The van der Waals surface area contributed by atoms with Crippen LogP contribution < -0.4 is 5.73 Å². The molecular weight excluding hydrogens is 288 g/mol. The highest BCUT2D eigenvalue weighted by atomic mass is 32.2. The van der Waals surface area contributed by atoms with Crippen molar-refractivity contribution < 1.29 is 8.42 Å². The highest BCUT2D eigenvalue weighted by Crippen LogP contribution is 2.26. The maximum absolute atomic E-state index is 12.6. The first-order valence-corrected chi connectivity index (χ1v) is 8.24. The smallest absolute Gasteiger partial charge is 0.244 e. The minimum Gasteiger partial charge on any atom is -0.399 e. The molecule has 0 saturated heterocycles. The fraction of sp³-hybridized carbons (Fsp3) is 0.429. The summed E-state index contributed by atoms with van der Waals surface area (Å²) in [6, 6.07) is 5.22. The van der Waals surface area contributed by atoms with E-state index in [0.717, 1.165) is 18.5 Å². The van der Waals surface area contributed by atoms with Gasteiger partial charge in [0.25, 0.3) is 0 Å². The quantitative estimate of drug-likeness (QED) is 0.788. The van der Waals surface area contributed by atoms with Crippen molar-refractivity contribution in [3.8, 4) is 0 Å². The molecule has 21 heavy (non-hydrogen) atoms. The zero-order valence-electron chi connectivity index (χ0n) is 12.6. The van der Waals surface area contributed by atoms with E-state index in [0.29, 0.717) is 17.6 Å². The summed E-state index contributed by atoms with van der Waals surface area (Å²) in [5, 5.41) is 0.634. The molecule has 6 nitrogen and oxygen atoms in total. The summed E-state index contributed by atoms with van der Waals surface area (Å²) < 4.78 is 26.7. The normalized spacial score (nSPS) is 12.6. The maximum Gasteiger partial charge on any atom is 0.244 e. The van der Waals surface area contributed by atoms with E-state index < -0.39 is 10.0 Å². The average molecular weight is 310 g/mol. The van der Waals surface area contributed by atoms with Crippen LogP contribution in [0.4, 0.5) is 5.69 Å². The number of nitrogens with zero attached hydrogens (tertiary/aromatic N) is 2. The van der Waals surface area contributed by atoms with Crippen LogP contribution >= 0.6 is 0 Å². The molecule has 0 fully saturated rings. The van der Waals surface area contributed by atoms with Gasteiger partial charge >= 0.3 is 0 Å². The van der Waals surface area contributed by atoms with Gasteiger partial charge in [0, 0.05) is 36.4 Å². The summed E-state index contributed by atoms with van der Waals surface area (Å²) in [6.07, 6.45) is 2.31. The van der Waals surface area contributed by atoms with Gasteiger partial charge in [0.05, 0.1) is 0 Å². The largest absolute Gasteiger partial charge is 0.399 e. The van der Waals surface area contributed by atoms with Crippen molar-refractivity contribution in [2.24, 2.45) is 0 Å². The second-order valence-electron chi connectivity index (χ2n) is 5.44. The first-order valence-electron chi connectivity index (χ1n) is 6.80. The SMILES string of the molecule is CN(C)CCCN(C)S(=O)(=O)c1c[nH]c2ccc(N)cc12. The third-order valence-electron chi connectivity index (χ3n) is 3.43. The first kappa shape index (κ1) is 15.8. The molecule has 0 spiro atoms. The van der Waals surface area contributed by atoms with Crippen LogP contribution in [0, 0.1) is 0 Å². The minimum atomic E-state index is -3.51. The Morgan fingerprint density at radius 2 is 1.90 bits per heavy atom. The highest BCUT2D eigenvalue weighted by Gasteiger charge is 2.24. The molecule has 2 rings (SSSR count). The Kier molecular flexibility index (Phi) is 4.55. The Morgan fingerprint density at radius 3 is 2.57 bits per heavy atom. The van der Waals surface area contributed by atoms with Crippen LogP contribution in [-0.4, -0.2) is 56.8 Å². The number of benzene rings is 1. The second kappa shape index (κ2) is 6.05. The van der Waals surface area contributed by atoms with Gasteiger partial charge in [0.15, 0.2) is 0 Å². The lowest BCUT2D eigenvalue weighted by Crippen LogP contribution is -2.29.